The third-order valence-electron chi connectivity index (χ3n) is 3.01. The smallest absolute Gasteiger partial charge is 0.185 e. The maximum absolute atomic E-state index is 5.76. The Morgan fingerprint density at radius 2 is 2.07 bits per heavy atom. The highest BCUT2D eigenvalue weighted by molar-refractivity contribution is 5.75. The highest BCUT2D eigenvalue weighted by Crippen LogP contribution is 2.30. The summed E-state index contributed by atoms with van der Waals surface area (Å²) in [5, 5.41) is 0. The van der Waals surface area contributed by atoms with Crippen molar-refractivity contribution in [3.63, 3.8) is 0 Å². The molecule has 4 heteroatoms. The van der Waals surface area contributed by atoms with Gasteiger partial charge in [0.2, 0.25) is 0 Å². The van der Waals surface area contributed by atoms with Gasteiger partial charge in [0.25, 0.3) is 0 Å². The van der Waals surface area contributed by atoms with Crippen LogP contribution in [0.1, 0.15) is 39.0 Å². The van der Waals surface area contributed by atoms with Crippen molar-refractivity contribution in [2.45, 2.75) is 45.1 Å². The molecule has 1 fully saturated rings. The number of rotatable bonds is 6. The Hall–Kier alpha value is -0.770. The van der Waals surface area contributed by atoms with Crippen LogP contribution in [0.25, 0.3) is 0 Å². The molecule has 0 spiro atoms. The van der Waals surface area contributed by atoms with Crippen molar-refractivity contribution in [3.05, 3.63) is 0 Å². The first-order chi connectivity index (χ1) is 7.24. The molecule has 4 N–H and O–H groups in total. The summed E-state index contributed by atoms with van der Waals surface area (Å²) in [6.45, 7) is 3.51. The molecule has 88 valence electrons. The minimum Gasteiger partial charge on any atom is -0.378 e. The van der Waals surface area contributed by atoms with E-state index in [2.05, 4.69) is 4.99 Å². The van der Waals surface area contributed by atoms with Gasteiger partial charge >= 0.3 is 0 Å². The van der Waals surface area contributed by atoms with E-state index in [9.17, 15) is 0 Å². The summed E-state index contributed by atoms with van der Waals surface area (Å²) in [7, 11) is 0. The molecule has 0 aromatic heterocycles. The van der Waals surface area contributed by atoms with E-state index in [-0.39, 0.29) is 5.96 Å². The van der Waals surface area contributed by atoms with Crippen LogP contribution in [0.2, 0.25) is 0 Å². The van der Waals surface area contributed by atoms with Gasteiger partial charge in [0, 0.05) is 13.2 Å². The number of ether oxygens (including phenoxy) is 1. The zero-order valence-electron chi connectivity index (χ0n) is 9.61. The van der Waals surface area contributed by atoms with Crippen LogP contribution >= 0.6 is 0 Å². The van der Waals surface area contributed by atoms with Crippen molar-refractivity contribution >= 4 is 5.96 Å². The Morgan fingerprint density at radius 1 is 1.40 bits per heavy atom. The fourth-order valence-corrected chi connectivity index (χ4v) is 2.32. The molecule has 1 aliphatic carbocycles. The van der Waals surface area contributed by atoms with E-state index in [1.54, 1.807) is 0 Å². The Kier molecular flexibility index (Phi) is 5.47. The van der Waals surface area contributed by atoms with Gasteiger partial charge in [0.15, 0.2) is 5.96 Å². The van der Waals surface area contributed by atoms with E-state index in [1.165, 1.54) is 25.7 Å². The standard InChI is InChI=1S/C11H23N3O/c1-2-15-10(7-8-14-11(12)13)9-5-3-4-6-9/h9-10H,2-8H2,1H3,(H4,12,13,14). The van der Waals surface area contributed by atoms with Gasteiger partial charge in [-0.1, -0.05) is 12.8 Å². The van der Waals surface area contributed by atoms with Gasteiger partial charge < -0.3 is 16.2 Å². The zero-order chi connectivity index (χ0) is 11.1. The third-order valence-corrected chi connectivity index (χ3v) is 3.01. The van der Waals surface area contributed by atoms with E-state index in [0.29, 0.717) is 12.6 Å². The molecule has 1 saturated carbocycles. The largest absolute Gasteiger partial charge is 0.378 e. The molecule has 0 bridgehead atoms. The van der Waals surface area contributed by atoms with Gasteiger partial charge in [-0.15, -0.1) is 0 Å². The van der Waals surface area contributed by atoms with Gasteiger partial charge in [-0.25, -0.2) is 0 Å². The van der Waals surface area contributed by atoms with Crippen molar-refractivity contribution in [1.29, 1.82) is 0 Å². The number of nitrogens with two attached hydrogens (primary N) is 2. The predicted molar refractivity (Wildman–Crippen MR) is 62.7 cm³/mol. The fraction of sp³-hybridized carbons (Fsp3) is 0.909. The first-order valence-electron chi connectivity index (χ1n) is 5.91. The van der Waals surface area contributed by atoms with E-state index in [1.807, 2.05) is 6.92 Å². The average Bonchev–Trinajstić information content (AvgIpc) is 2.68. The second kappa shape index (κ2) is 6.67. The van der Waals surface area contributed by atoms with Gasteiger partial charge in [-0.2, -0.15) is 0 Å². The molecule has 0 aliphatic heterocycles. The Labute approximate surface area is 92.1 Å². The molecule has 0 saturated heterocycles. The number of nitrogens with zero attached hydrogens (tertiary/aromatic N) is 1. The van der Waals surface area contributed by atoms with Gasteiger partial charge in [-0.05, 0) is 32.1 Å². The Bertz CT molecular complexity index is 196. The molecule has 0 aromatic rings. The quantitative estimate of drug-likeness (QED) is 0.515. The molecular formula is C11H23N3O. The van der Waals surface area contributed by atoms with Crippen molar-refractivity contribution in [2.24, 2.45) is 22.4 Å². The number of hydrogen-bond donors (Lipinski definition) is 2. The SMILES string of the molecule is CCOC(CCN=C(N)N)C1CCCC1. The molecule has 1 atom stereocenters. The van der Waals surface area contributed by atoms with Crippen LogP contribution in [0.3, 0.4) is 0 Å². The first-order valence-corrected chi connectivity index (χ1v) is 5.91. The predicted octanol–water partition coefficient (Wildman–Crippen LogP) is 1.25. The molecule has 1 aliphatic rings. The lowest BCUT2D eigenvalue weighted by Gasteiger charge is -2.22. The monoisotopic (exact) mass is 213 g/mol. The average molecular weight is 213 g/mol. The maximum Gasteiger partial charge on any atom is 0.185 e. The van der Waals surface area contributed by atoms with Crippen molar-refractivity contribution in [2.75, 3.05) is 13.2 Å². The van der Waals surface area contributed by atoms with Crippen LogP contribution in [0.5, 0.6) is 0 Å². The second-order valence-electron chi connectivity index (χ2n) is 4.13. The normalized spacial score (nSPS) is 19.0. The summed E-state index contributed by atoms with van der Waals surface area (Å²) < 4.78 is 5.76. The summed E-state index contributed by atoms with van der Waals surface area (Å²) in [5.74, 6) is 0.899. The van der Waals surface area contributed by atoms with Crippen molar-refractivity contribution in [1.82, 2.24) is 0 Å². The van der Waals surface area contributed by atoms with Crippen LogP contribution < -0.4 is 11.5 Å². The summed E-state index contributed by atoms with van der Waals surface area (Å²) in [6.07, 6.45) is 6.57. The molecule has 1 rings (SSSR count). The molecular weight excluding hydrogens is 190 g/mol. The number of guanidine groups is 1. The lowest BCUT2D eigenvalue weighted by Crippen LogP contribution is -2.26. The second-order valence-corrected chi connectivity index (χ2v) is 4.13. The van der Waals surface area contributed by atoms with E-state index in [0.717, 1.165) is 18.9 Å². The fourth-order valence-electron chi connectivity index (χ4n) is 2.32. The van der Waals surface area contributed by atoms with E-state index in [4.69, 9.17) is 16.2 Å². The summed E-state index contributed by atoms with van der Waals surface area (Å²) in [4.78, 5) is 4.01. The van der Waals surface area contributed by atoms with Crippen LogP contribution in [-0.2, 0) is 4.74 Å². The Balaban J connectivity index is 2.32. The van der Waals surface area contributed by atoms with E-state index >= 15 is 0 Å². The van der Waals surface area contributed by atoms with Crippen molar-refractivity contribution in [3.8, 4) is 0 Å². The maximum atomic E-state index is 5.76. The van der Waals surface area contributed by atoms with Gasteiger partial charge in [0.1, 0.15) is 0 Å². The first kappa shape index (κ1) is 12.3. The van der Waals surface area contributed by atoms with Crippen LogP contribution in [0.15, 0.2) is 4.99 Å². The van der Waals surface area contributed by atoms with E-state index < -0.39 is 0 Å². The highest BCUT2D eigenvalue weighted by atomic mass is 16.5. The highest BCUT2D eigenvalue weighted by Gasteiger charge is 2.24. The number of aliphatic imine (C=N–C) groups is 1. The van der Waals surface area contributed by atoms with Gasteiger partial charge in [0.05, 0.1) is 6.10 Å². The van der Waals surface area contributed by atoms with Crippen LogP contribution in [0.4, 0.5) is 0 Å². The molecule has 0 aromatic carbocycles. The molecule has 0 radical (unpaired) electrons. The summed E-state index contributed by atoms with van der Waals surface area (Å²) in [5.41, 5.74) is 10.6. The van der Waals surface area contributed by atoms with Gasteiger partial charge in [-0.3, -0.25) is 4.99 Å². The lowest BCUT2D eigenvalue weighted by atomic mass is 9.98. The topological polar surface area (TPSA) is 73.6 Å². The molecule has 1 unspecified atom stereocenters. The molecule has 4 nitrogen and oxygen atoms in total. The summed E-state index contributed by atoms with van der Waals surface area (Å²) >= 11 is 0. The molecule has 0 heterocycles. The molecule has 15 heavy (non-hydrogen) atoms. The number of hydrogen-bond acceptors (Lipinski definition) is 2. The van der Waals surface area contributed by atoms with Crippen LogP contribution in [-0.4, -0.2) is 25.2 Å². The van der Waals surface area contributed by atoms with Crippen molar-refractivity contribution < 1.29 is 4.74 Å². The zero-order valence-corrected chi connectivity index (χ0v) is 9.61. The minimum absolute atomic E-state index is 0.177. The lowest BCUT2D eigenvalue weighted by molar-refractivity contribution is 0.0178. The third kappa shape index (κ3) is 4.51. The van der Waals surface area contributed by atoms with Crippen LogP contribution in [0, 0.1) is 5.92 Å². The summed E-state index contributed by atoms with van der Waals surface area (Å²) in [6, 6.07) is 0. The minimum atomic E-state index is 0.177. The Morgan fingerprint density at radius 3 is 2.60 bits per heavy atom. The molecule has 0 amide bonds.